The smallest absolute Gasteiger partial charge is 0.255 e. The van der Waals surface area contributed by atoms with E-state index in [1.807, 2.05) is 6.92 Å². The van der Waals surface area contributed by atoms with Crippen molar-refractivity contribution < 1.29 is 9.90 Å². The van der Waals surface area contributed by atoms with E-state index in [0.717, 1.165) is 0 Å². The van der Waals surface area contributed by atoms with Crippen molar-refractivity contribution in [1.82, 2.24) is 4.90 Å². The number of aliphatic hydroxyl groups excluding tert-OH is 1. The molecule has 1 aliphatic rings. The van der Waals surface area contributed by atoms with Gasteiger partial charge in [0.1, 0.15) is 0 Å². The van der Waals surface area contributed by atoms with Crippen LogP contribution in [-0.2, 0) is 0 Å². The molecule has 0 aliphatic carbocycles. The van der Waals surface area contributed by atoms with E-state index in [1.165, 1.54) is 0 Å². The van der Waals surface area contributed by atoms with Crippen LogP contribution in [0.4, 0.5) is 5.69 Å². The average molecular weight is 269 g/mol. The zero-order valence-corrected chi connectivity index (χ0v) is 11.0. The summed E-state index contributed by atoms with van der Waals surface area (Å²) in [4.78, 5) is 14.0. The Kier molecular flexibility index (Phi) is 3.78. The van der Waals surface area contributed by atoms with Crippen molar-refractivity contribution in [2.45, 2.75) is 19.4 Å². The molecule has 4 nitrogen and oxygen atoms in total. The van der Waals surface area contributed by atoms with Crippen molar-refractivity contribution in [3.8, 4) is 0 Å². The van der Waals surface area contributed by atoms with E-state index in [2.05, 4.69) is 0 Å². The maximum absolute atomic E-state index is 12.3. The highest BCUT2D eigenvalue weighted by molar-refractivity contribution is 6.34. The fraction of sp³-hybridized carbons (Fsp3) is 0.462. The molecular formula is C13H17ClN2O2. The summed E-state index contributed by atoms with van der Waals surface area (Å²) < 4.78 is 0. The number of rotatable bonds is 1. The number of likely N-dealkylation sites (tertiary alicyclic amines) is 1. The average Bonchev–Trinajstić information content (AvgIpc) is 2.32. The number of hydrogen-bond donors (Lipinski definition) is 2. The number of nitrogens with two attached hydrogens (primary N) is 1. The molecule has 0 bridgehead atoms. The van der Waals surface area contributed by atoms with Crippen LogP contribution in [0, 0.1) is 5.92 Å². The lowest BCUT2D eigenvalue weighted by atomic mass is 9.96. The predicted molar refractivity (Wildman–Crippen MR) is 71.6 cm³/mol. The van der Waals surface area contributed by atoms with Crippen LogP contribution >= 0.6 is 11.6 Å². The lowest BCUT2D eigenvalue weighted by Gasteiger charge is -2.34. The molecule has 18 heavy (non-hydrogen) atoms. The molecule has 1 saturated heterocycles. The lowest BCUT2D eigenvalue weighted by Crippen LogP contribution is -2.45. The second-order valence-corrected chi connectivity index (χ2v) is 5.23. The number of carbonyl (C=O) groups excluding carboxylic acids is 1. The number of halogens is 1. The Morgan fingerprint density at radius 1 is 1.56 bits per heavy atom. The molecule has 0 aromatic heterocycles. The minimum Gasteiger partial charge on any atom is -0.399 e. The summed E-state index contributed by atoms with van der Waals surface area (Å²) >= 11 is 6.03. The zero-order valence-electron chi connectivity index (χ0n) is 10.3. The molecule has 0 spiro atoms. The molecule has 5 heteroatoms. The Labute approximate surface area is 111 Å². The second kappa shape index (κ2) is 5.16. The van der Waals surface area contributed by atoms with Crippen LogP contribution in [0.15, 0.2) is 18.2 Å². The first-order chi connectivity index (χ1) is 8.49. The molecular weight excluding hydrogens is 252 g/mol. The number of nitrogen functional groups attached to an aromatic ring is 1. The summed E-state index contributed by atoms with van der Waals surface area (Å²) in [6.45, 7) is 3.06. The molecule has 1 amide bonds. The number of nitrogens with zero attached hydrogens (tertiary/aromatic N) is 1. The minimum atomic E-state index is -0.323. The third-order valence-corrected chi connectivity index (χ3v) is 3.68. The van der Waals surface area contributed by atoms with E-state index >= 15 is 0 Å². The molecule has 0 saturated carbocycles. The fourth-order valence-corrected chi connectivity index (χ4v) is 2.46. The molecule has 0 radical (unpaired) electrons. The van der Waals surface area contributed by atoms with Gasteiger partial charge in [-0.2, -0.15) is 0 Å². The second-order valence-electron chi connectivity index (χ2n) is 4.82. The van der Waals surface area contributed by atoms with Crippen molar-refractivity contribution in [2.75, 3.05) is 18.8 Å². The van der Waals surface area contributed by atoms with Crippen LogP contribution in [0.5, 0.6) is 0 Å². The van der Waals surface area contributed by atoms with E-state index in [4.69, 9.17) is 17.3 Å². The first kappa shape index (κ1) is 13.2. The van der Waals surface area contributed by atoms with E-state index in [9.17, 15) is 9.90 Å². The topological polar surface area (TPSA) is 66.6 Å². The Morgan fingerprint density at radius 3 is 2.89 bits per heavy atom. The van der Waals surface area contributed by atoms with Crippen molar-refractivity contribution >= 4 is 23.2 Å². The molecule has 1 aromatic rings. The highest BCUT2D eigenvalue weighted by Gasteiger charge is 2.28. The molecule has 98 valence electrons. The van der Waals surface area contributed by atoms with Gasteiger partial charge in [-0.1, -0.05) is 18.5 Å². The van der Waals surface area contributed by atoms with Gasteiger partial charge in [0, 0.05) is 18.8 Å². The highest BCUT2D eigenvalue weighted by Crippen LogP contribution is 2.24. The summed E-state index contributed by atoms with van der Waals surface area (Å²) in [6, 6.07) is 4.90. The first-order valence-corrected chi connectivity index (χ1v) is 6.39. The number of hydrogen-bond acceptors (Lipinski definition) is 3. The van der Waals surface area contributed by atoms with Crippen LogP contribution in [-0.4, -0.2) is 35.1 Å². The fourth-order valence-electron chi connectivity index (χ4n) is 2.19. The van der Waals surface area contributed by atoms with E-state index in [0.29, 0.717) is 35.8 Å². The summed E-state index contributed by atoms with van der Waals surface area (Å²) in [5, 5.41) is 10.0. The van der Waals surface area contributed by atoms with Gasteiger partial charge in [0.2, 0.25) is 0 Å². The number of piperidine rings is 1. The maximum Gasteiger partial charge on any atom is 0.255 e. The van der Waals surface area contributed by atoms with Gasteiger partial charge in [0.05, 0.1) is 16.7 Å². The van der Waals surface area contributed by atoms with Gasteiger partial charge in [-0.3, -0.25) is 4.79 Å². The summed E-state index contributed by atoms with van der Waals surface area (Å²) in [5.74, 6) is -0.00555. The van der Waals surface area contributed by atoms with Gasteiger partial charge < -0.3 is 15.7 Å². The largest absolute Gasteiger partial charge is 0.399 e. The zero-order chi connectivity index (χ0) is 13.3. The van der Waals surface area contributed by atoms with Gasteiger partial charge in [-0.15, -0.1) is 0 Å². The standard InChI is InChI=1S/C13H17ClN2O2/c1-8-7-16(5-4-12(8)17)13(18)10-3-2-9(15)6-11(10)14/h2-3,6,8,12,17H,4-5,7,15H2,1H3. The van der Waals surface area contributed by atoms with Crippen LogP contribution in [0.25, 0.3) is 0 Å². The van der Waals surface area contributed by atoms with Crippen LogP contribution < -0.4 is 5.73 Å². The first-order valence-electron chi connectivity index (χ1n) is 6.01. The molecule has 2 unspecified atom stereocenters. The van der Waals surface area contributed by atoms with Crippen molar-refractivity contribution in [3.63, 3.8) is 0 Å². The molecule has 1 fully saturated rings. The highest BCUT2D eigenvalue weighted by atomic mass is 35.5. The number of anilines is 1. The van der Waals surface area contributed by atoms with E-state index in [1.54, 1.807) is 23.1 Å². The molecule has 2 atom stereocenters. The molecule has 1 aliphatic heterocycles. The van der Waals surface area contributed by atoms with Crippen molar-refractivity contribution in [2.24, 2.45) is 5.92 Å². The summed E-state index contributed by atoms with van der Waals surface area (Å²) in [6.07, 6.45) is 0.287. The summed E-state index contributed by atoms with van der Waals surface area (Å²) in [5.41, 5.74) is 6.61. The van der Waals surface area contributed by atoms with Gasteiger partial charge >= 0.3 is 0 Å². The molecule has 2 rings (SSSR count). The Balaban J connectivity index is 2.16. The summed E-state index contributed by atoms with van der Waals surface area (Å²) in [7, 11) is 0. The minimum absolute atomic E-state index is 0.0928. The number of carbonyl (C=O) groups is 1. The van der Waals surface area contributed by atoms with Gasteiger partial charge in [-0.05, 0) is 30.5 Å². The number of amides is 1. The third-order valence-electron chi connectivity index (χ3n) is 3.37. The monoisotopic (exact) mass is 268 g/mol. The molecule has 1 heterocycles. The maximum atomic E-state index is 12.3. The molecule has 3 N–H and O–H groups in total. The Hall–Kier alpha value is -1.26. The van der Waals surface area contributed by atoms with Crippen molar-refractivity contribution in [1.29, 1.82) is 0 Å². The normalized spacial score (nSPS) is 24.1. The van der Waals surface area contributed by atoms with Crippen LogP contribution in [0.3, 0.4) is 0 Å². The SMILES string of the molecule is CC1CN(C(=O)c2ccc(N)cc2Cl)CCC1O. The van der Waals surface area contributed by atoms with Gasteiger partial charge in [0.25, 0.3) is 5.91 Å². The third kappa shape index (κ3) is 2.60. The van der Waals surface area contributed by atoms with Gasteiger partial charge in [-0.25, -0.2) is 0 Å². The lowest BCUT2D eigenvalue weighted by molar-refractivity contribution is 0.0298. The van der Waals surface area contributed by atoms with Crippen molar-refractivity contribution in [3.05, 3.63) is 28.8 Å². The van der Waals surface area contributed by atoms with Crippen LogP contribution in [0.2, 0.25) is 5.02 Å². The Morgan fingerprint density at radius 2 is 2.28 bits per heavy atom. The number of benzene rings is 1. The van der Waals surface area contributed by atoms with E-state index < -0.39 is 0 Å². The van der Waals surface area contributed by atoms with Gasteiger partial charge in [0.15, 0.2) is 0 Å². The quantitative estimate of drug-likeness (QED) is 0.763. The predicted octanol–water partition coefficient (Wildman–Crippen LogP) is 1.77. The van der Waals surface area contributed by atoms with E-state index in [-0.39, 0.29) is 17.9 Å². The molecule has 1 aromatic carbocycles. The Bertz CT molecular complexity index is 464. The van der Waals surface area contributed by atoms with Crippen LogP contribution in [0.1, 0.15) is 23.7 Å². The number of aliphatic hydroxyl groups is 1.